The second kappa shape index (κ2) is 4.94. The van der Waals surface area contributed by atoms with Gasteiger partial charge in [0.15, 0.2) is 0 Å². The Kier molecular flexibility index (Phi) is 3.60. The molecule has 0 aliphatic heterocycles. The molecule has 1 nitrogen and oxygen atoms in total. The molecule has 78 valence electrons. The average Bonchev–Trinajstić information content (AvgIpc) is 2.63. The van der Waals surface area contributed by atoms with E-state index in [2.05, 4.69) is 16.8 Å². The third-order valence-electron chi connectivity index (χ3n) is 3.43. The second-order valence-electron chi connectivity index (χ2n) is 4.30. The molecule has 0 radical (unpaired) electrons. The zero-order valence-electron chi connectivity index (χ0n) is 8.61. The third kappa shape index (κ3) is 2.18. The van der Waals surface area contributed by atoms with Gasteiger partial charge in [-0.15, -0.1) is 0 Å². The molecule has 14 heavy (non-hydrogen) atoms. The number of nitrogens with two attached hydrogens (primary N) is 1. The molecule has 1 saturated carbocycles. The Bertz CT molecular complexity index is 255. The third-order valence-corrected chi connectivity index (χ3v) is 4.13. The van der Waals surface area contributed by atoms with E-state index in [0.717, 1.165) is 18.4 Å². The van der Waals surface area contributed by atoms with E-state index in [9.17, 15) is 0 Å². The lowest BCUT2D eigenvalue weighted by atomic mass is 9.84. The van der Waals surface area contributed by atoms with Gasteiger partial charge in [-0.2, -0.15) is 11.3 Å². The predicted octanol–water partition coefficient (Wildman–Crippen LogP) is 3.37. The quantitative estimate of drug-likeness (QED) is 0.743. The van der Waals surface area contributed by atoms with E-state index in [1.165, 1.54) is 37.7 Å². The summed E-state index contributed by atoms with van der Waals surface area (Å²) in [5.74, 6) is 1.47. The highest BCUT2D eigenvalue weighted by Gasteiger charge is 2.23. The number of hydrogen-bond donors (Lipinski definition) is 1. The molecule has 0 saturated heterocycles. The van der Waals surface area contributed by atoms with E-state index in [0.29, 0.717) is 0 Å². The average molecular weight is 209 g/mol. The van der Waals surface area contributed by atoms with Crippen LogP contribution < -0.4 is 5.73 Å². The molecule has 2 rings (SSSR count). The van der Waals surface area contributed by atoms with Crippen molar-refractivity contribution in [3.8, 4) is 0 Å². The highest BCUT2D eigenvalue weighted by atomic mass is 32.1. The van der Waals surface area contributed by atoms with Gasteiger partial charge in [0.1, 0.15) is 0 Å². The summed E-state index contributed by atoms with van der Waals surface area (Å²) in [6.45, 7) is 0.862. The predicted molar refractivity (Wildman–Crippen MR) is 62.7 cm³/mol. The smallest absolute Gasteiger partial charge is 0.00430 e. The first kappa shape index (κ1) is 10.2. The van der Waals surface area contributed by atoms with Crippen molar-refractivity contribution in [3.05, 3.63) is 22.4 Å². The normalized spacial score (nSPS) is 28.6. The van der Waals surface area contributed by atoms with Crippen LogP contribution in [0.25, 0.3) is 0 Å². The van der Waals surface area contributed by atoms with Crippen molar-refractivity contribution in [1.29, 1.82) is 0 Å². The summed E-state index contributed by atoms with van der Waals surface area (Å²) in [6, 6.07) is 2.28. The molecule has 1 aliphatic rings. The van der Waals surface area contributed by atoms with Crippen molar-refractivity contribution in [3.63, 3.8) is 0 Å². The highest BCUT2D eigenvalue weighted by Crippen LogP contribution is 2.36. The van der Waals surface area contributed by atoms with Crippen LogP contribution in [0, 0.1) is 5.92 Å². The molecular weight excluding hydrogens is 190 g/mol. The Morgan fingerprint density at radius 3 is 2.86 bits per heavy atom. The van der Waals surface area contributed by atoms with Crippen LogP contribution in [0.3, 0.4) is 0 Å². The summed E-state index contributed by atoms with van der Waals surface area (Å²) >= 11 is 1.81. The van der Waals surface area contributed by atoms with Crippen LogP contribution in [0.4, 0.5) is 0 Å². The Morgan fingerprint density at radius 1 is 1.29 bits per heavy atom. The fraction of sp³-hybridized carbons (Fsp3) is 0.667. The molecule has 1 aromatic rings. The van der Waals surface area contributed by atoms with Crippen molar-refractivity contribution in [2.45, 2.75) is 38.0 Å². The SMILES string of the molecule is NCC1CCCCCC1c1ccsc1. The van der Waals surface area contributed by atoms with Crippen LogP contribution in [-0.2, 0) is 0 Å². The van der Waals surface area contributed by atoms with Gasteiger partial charge in [-0.3, -0.25) is 0 Å². The first-order chi connectivity index (χ1) is 6.92. The highest BCUT2D eigenvalue weighted by molar-refractivity contribution is 7.07. The first-order valence-electron chi connectivity index (χ1n) is 5.64. The monoisotopic (exact) mass is 209 g/mol. The largest absolute Gasteiger partial charge is 0.330 e. The maximum atomic E-state index is 5.87. The fourth-order valence-electron chi connectivity index (χ4n) is 2.59. The molecule has 0 spiro atoms. The van der Waals surface area contributed by atoms with Crippen molar-refractivity contribution in [2.24, 2.45) is 11.7 Å². The van der Waals surface area contributed by atoms with Gasteiger partial charge in [0.05, 0.1) is 0 Å². The fourth-order valence-corrected chi connectivity index (χ4v) is 3.32. The lowest BCUT2D eigenvalue weighted by Crippen LogP contribution is -2.20. The van der Waals surface area contributed by atoms with E-state index >= 15 is 0 Å². The van der Waals surface area contributed by atoms with Crippen LogP contribution >= 0.6 is 11.3 Å². The molecule has 2 unspecified atom stereocenters. The number of thiophene rings is 1. The van der Waals surface area contributed by atoms with Crippen molar-refractivity contribution < 1.29 is 0 Å². The summed E-state index contributed by atoms with van der Waals surface area (Å²) in [7, 11) is 0. The minimum absolute atomic E-state index is 0.729. The van der Waals surface area contributed by atoms with Crippen molar-refractivity contribution in [2.75, 3.05) is 6.54 Å². The van der Waals surface area contributed by atoms with E-state index in [1.807, 2.05) is 11.3 Å². The Labute approximate surface area is 90.3 Å². The van der Waals surface area contributed by atoms with Crippen molar-refractivity contribution in [1.82, 2.24) is 0 Å². The van der Waals surface area contributed by atoms with Crippen LogP contribution in [0.5, 0.6) is 0 Å². The maximum Gasteiger partial charge on any atom is -0.00430 e. The van der Waals surface area contributed by atoms with Gasteiger partial charge in [-0.1, -0.05) is 19.3 Å². The van der Waals surface area contributed by atoms with Gasteiger partial charge >= 0.3 is 0 Å². The zero-order valence-corrected chi connectivity index (χ0v) is 9.43. The molecule has 1 aromatic heterocycles. The minimum atomic E-state index is 0.729. The summed E-state index contributed by atoms with van der Waals surface area (Å²) in [5, 5.41) is 4.49. The summed E-state index contributed by atoms with van der Waals surface area (Å²) in [6.07, 6.45) is 6.84. The lowest BCUT2D eigenvalue weighted by Gasteiger charge is -2.22. The molecule has 1 heterocycles. The van der Waals surface area contributed by atoms with Crippen LogP contribution in [-0.4, -0.2) is 6.54 Å². The molecule has 1 aliphatic carbocycles. The van der Waals surface area contributed by atoms with Gasteiger partial charge in [0.2, 0.25) is 0 Å². The summed E-state index contributed by atoms with van der Waals surface area (Å²) in [5.41, 5.74) is 7.41. The van der Waals surface area contributed by atoms with E-state index in [-0.39, 0.29) is 0 Å². The van der Waals surface area contributed by atoms with Crippen LogP contribution in [0.15, 0.2) is 16.8 Å². The molecule has 2 N–H and O–H groups in total. The Morgan fingerprint density at radius 2 is 2.14 bits per heavy atom. The minimum Gasteiger partial charge on any atom is -0.330 e. The maximum absolute atomic E-state index is 5.87. The van der Waals surface area contributed by atoms with Gasteiger partial charge in [-0.25, -0.2) is 0 Å². The zero-order chi connectivity index (χ0) is 9.80. The summed E-state index contributed by atoms with van der Waals surface area (Å²) in [4.78, 5) is 0. The number of rotatable bonds is 2. The van der Waals surface area contributed by atoms with Crippen molar-refractivity contribution >= 4 is 11.3 Å². The second-order valence-corrected chi connectivity index (χ2v) is 5.08. The molecule has 2 heteroatoms. The Hall–Kier alpha value is -0.340. The van der Waals surface area contributed by atoms with Gasteiger partial charge < -0.3 is 5.73 Å². The Balaban J connectivity index is 2.12. The van der Waals surface area contributed by atoms with E-state index in [4.69, 9.17) is 5.73 Å². The molecule has 0 aromatic carbocycles. The molecular formula is C12H19NS. The lowest BCUT2D eigenvalue weighted by molar-refractivity contribution is 0.409. The van der Waals surface area contributed by atoms with Gasteiger partial charge in [-0.05, 0) is 53.6 Å². The summed E-state index contributed by atoms with van der Waals surface area (Å²) < 4.78 is 0. The molecule has 2 atom stereocenters. The van der Waals surface area contributed by atoms with Crippen LogP contribution in [0.1, 0.15) is 43.6 Å². The van der Waals surface area contributed by atoms with Gasteiger partial charge in [0.25, 0.3) is 0 Å². The standard InChI is InChI=1S/C12H19NS/c13-8-10-4-2-1-3-5-12(10)11-6-7-14-9-11/h6-7,9-10,12H,1-5,8,13H2. The first-order valence-corrected chi connectivity index (χ1v) is 6.58. The van der Waals surface area contributed by atoms with E-state index < -0.39 is 0 Å². The number of hydrogen-bond acceptors (Lipinski definition) is 2. The van der Waals surface area contributed by atoms with E-state index in [1.54, 1.807) is 0 Å². The molecule has 0 bridgehead atoms. The topological polar surface area (TPSA) is 26.0 Å². The van der Waals surface area contributed by atoms with Crippen LogP contribution in [0.2, 0.25) is 0 Å². The molecule has 0 amide bonds. The van der Waals surface area contributed by atoms with Gasteiger partial charge in [0, 0.05) is 0 Å². The molecule has 1 fully saturated rings.